The molecule has 0 atom stereocenters. The molecule has 1 aliphatic heterocycles. The molecule has 0 bridgehead atoms. The first-order chi connectivity index (χ1) is 15.5. The largest absolute Gasteiger partial charge is 0.454 e. The summed E-state index contributed by atoms with van der Waals surface area (Å²) in [6.07, 6.45) is 0. The van der Waals surface area contributed by atoms with Gasteiger partial charge in [-0.2, -0.15) is 0 Å². The Morgan fingerprint density at radius 3 is 2.44 bits per heavy atom. The molecule has 4 aromatic carbocycles. The van der Waals surface area contributed by atoms with Crippen LogP contribution in [0.4, 0.5) is 5.69 Å². The van der Waals surface area contributed by atoms with Crippen LogP contribution in [-0.2, 0) is 5.41 Å². The topological polar surface area (TPSA) is 18.5 Å². The lowest BCUT2D eigenvalue weighted by atomic mass is 9.75. The predicted octanol–water partition coefficient (Wildman–Crippen LogP) is 8.07. The summed E-state index contributed by atoms with van der Waals surface area (Å²) in [5, 5.41) is 2.29. The van der Waals surface area contributed by atoms with Gasteiger partial charge in [0, 0.05) is 27.3 Å². The quantitative estimate of drug-likeness (QED) is 0.254. The van der Waals surface area contributed by atoms with Crippen molar-refractivity contribution in [3.05, 3.63) is 107 Å². The smallest absolute Gasteiger partial charge is 0.210 e. The van der Waals surface area contributed by atoms with Gasteiger partial charge in [0.2, 0.25) is 5.69 Å². The molecule has 2 heterocycles. The van der Waals surface area contributed by atoms with Gasteiger partial charge in [-0.15, -0.1) is 0 Å². The number of fused-ring (bicyclic) bond motifs is 6. The lowest BCUT2D eigenvalue weighted by Crippen LogP contribution is -2.24. The molecule has 0 amide bonds. The first-order valence-electron chi connectivity index (χ1n) is 10.8. The van der Waals surface area contributed by atoms with Gasteiger partial charge in [-0.25, -0.2) is 4.85 Å². The van der Waals surface area contributed by atoms with Crippen LogP contribution in [0.1, 0.15) is 30.5 Å². The zero-order valence-electron chi connectivity index (χ0n) is 18.3. The number of hydrogen-bond acceptors (Lipinski definition) is 1. The molecule has 6 rings (SSSR count). The van der Waals surface area contributed by atoms with Crippen molar-refractivity contribution in [1.29, 1.82) is 0 Å². The molecule has 3 heteroatoms. The second kappa shape index (κ2) is 6.48. The third kappa shape index (κ3) is 2.35. The van der Waals surface area contributed by atoms with E-state index >= 15 is 0 Å². The van der Waals surface area contributed by atoms with Crippen LogP contribution in [0.15, 0.2) is 78.9 Å². The Balaban J connectivity index is 1.83. The Hall–Kier alpha value is -4.03. The van der Waals surface area contributed by atoms with E-state index in [4.69, 9.17) is 11.3 Å². The molecular formula is C29H22N2O. The van der Waals surface area contributed by atoms with Crippen LogP contribution < -0.4 is 4.74 Å². The minimum absolute atomic E-state index is 0.200. The van der Waals surface area contributed by atoms with Crippen molar-refractivity contribution in [3.63, 3.8) is 0 Å². The third-order valence-electron chi connectivity index (χ3n) is 6.80. The molecule has 0 spiro atoms. The predicted molar refractivity (Wildman–Crippen MR) is 130 cm³/mol. The van der Waals surface area contributed by atoms with E-state index in [-0.39, 0.29) is 5.41 Å². The summed E-state index contributed by atoms with van der Waals surface area (Å²) in [4.78, 5) is 3.87. The Morgan fingerprint density at radius 2 is 1.59 bits per heavy atom. The van der Waals surface area contributed by atoms with Crippen molar-refractivity contribution in [2.45, 2.75) is 26.2 Å². The standard InChI is InChI=1S/C29H22N2O/c1-18-10-9-13-23(30-4)26(18)31-24-14-7-5-11-19(24)20-16-17-22-28(27(20)31)32-25-15-8-6-12-21(25)29(22,2)3/h5-17H,1-3H3. The van der Waals surface area contributed by atoms with Gasteiger partial charge in [0.05, 0.1) is 23.3 Å². The van der Waals surface area contributed by atoms with Crippen LogP contribution in [-0.4, -0.2) is 4.57 Å². The molecule has 0 aliphatic carbocycles. The molecule has 0 fully saturated rings. The number of benzene rings is 4. The molecule has 0 radical (unpaired) electrons. The second-order valence-corrected chi connectivity index (χ2v) is 8.97. The van der Waals surface area contributed by atoms with Gasteiger partial charge in [-0.3, -0.25) is 0 Å². The Labute approximate surface area is 187 Å². The fraction of sp³-hybridized carbons (Fsp3) is 0.138. The van der Waals surface area contributed by atoms with Crippen LogP contribution in [0.5, 0.6) is 11.5 Å². The number of hydrogen-bond donors (Lipinski definition) is 0. The van der Waals surface area contributed by atoms with Gasteiger partial charge in [0.15, 0.2) is 5.75 Å². The molecular weight excluding hydrogens is 392 g/mol. The number of ether oxygens (including phenoxy) is 1. The van der Waals surface area contributed by atoms with Crippen LogP contribution in [0.25, 0.3) is 32.3 Å². The highest BCUT2D eigenvalue weighted by molar-refractivity contribution is 6.12. The molecule has 0 N–H and O–H groups in total. The van der Waals surface area contributed by atoms with Crippen molar-refractivity contribution >= 4 is 27.5 Å². The zero-order valence-corrected chi connectivity index (χ0v) is 18.3. The van der Waals surface area contributed by atoms with Crippen molar-refractivity contribution in [2.24, 2.45) is 0 Å². The van der Waals surface area contributed by atoms with Gasteiger partial charge in [-0.1, -0.05) is 80.6 Å². The van der Waals surface area contributed by atoms with E-state index in [1.165, 1.54) is 5.56 Å². The first-order valence-corrected chi connectivity index (χ1v) is 10.8. The van der Waals surface area contributed by atoms with E-state index in [1.54, 1.807) is 0 Å². The monoisotopic (exact) mass is 414 g/mol. The average molecular weight is 415 g/mol. The highest BCUT2D eigenvalue weighted by Crippen LogP contribution is 2.52. The summed E-state index contributed by atoms with van der Waals surface area (Å²) in [5.74, 6) is 1.77. The maximum Gasteiger partial charge on any atom is 0.210 e. The van der Waals surface area contributed by atoms with Gasteiger partial charge in [-0.05, 0) is 24.6 Å². The molecule has 1 aliphatic rings. The van der Waals surface area contributed by atoms with Gasteiger partial charge >= 0.3 is 0 Å². The molecule has 1 aromatic heterocycles. The molecule has 32 heavy (non-hydrogen) atoms. The zero-order chi connectivity index (χ0) is 22.0. The van der Waals surface area contributed by atoms with E-state index in [1.807, 2.05) is 24.3 Å². The maximum absolute atomic E-state index is 7.83. The summed E-state index contributed by atoms with van der Waals surface area (Å²) in [5.41, 5.74) is 6.87. The first kappa shape index (κ1) is 18.7. The minimum Gasteiger partial charge on any atom is -0.454 e. The van der Waals surface area contributed by atoms with Gasteiger partial charge in [0.25, 0.3) is 0 Å². The molecule has 0 unspecified atom stereocenters. The SMILES string of the molecule is [C-]#[N+]c1cccc(C)c1-n1c2ccccc2c2ccc3c(c21)Oc1ccccc1C3(C)C. The van der Waals surface area contributed by atoms with Crippen LogP contribution in [0, 0.1) is 13.5 Å². The van der Waals surface area contributed by atoms with Crippen molar-refractivity contribution < 1.29 is 4.74 Å². The normalized spacial score (nSPS) is 13.9. The highest BCUT2D eigenvalue weighted by atomic mass is 16.5. The van der Waals surface area contributed by atoms with Crippen LogP contribution in [0.3, 0.4) is 0 Å². The van der Waals surface area contributed by atoms with Crippen LogP contribution >= 0.6 is 0 Å². The number of aryl methyl sites for hydroxylation is 1. The lowest BCUT2D eigenvalue weighted by Gasteiger charge is -2.35. The van der Waals surface area contributed by atoms with Gasteiger partial charge in [0.1, 0.15) is 5.75 Å². The number of rotatable bonds is 1. The van der Waals surface area contributed by atoms with E-state index in [0.29, 0.717) is 5.69 Å². The van der Waals surface area contributed by atoms with Gasteiger partial charge < -0.3 is 9.30 Å². The molecule has 0 saturated carbocycles. The molecule has 0 saturated heterocycles. The van der Waals surface area contributed by atoms with E-state index in [9.17, 15) is 0 Å². The fourth-order valence-electron chi connectivity index (χ4n) is 5.21. The van der Waals surface area contributed by atoms with Crippen molar-refractivity contribution in [2.75, 3.05) is 0 Å². The summed E-state index contributed by atoms with van der Waals surface area (Å²) in [6, 6.07) is 27.0. The molecule has 3 nitrogen and oxygen atoms in total. The summed E-state index contributed by atoms with van der Waals surface area (Å²) >= 11 is 0. The fourth-order valence-corrected chi connectivity index (χ4v) is 5.21. The summed E-state index contributed by atoms with van der Waals surface area (Å²) < 4.78 is 8.87. The average Bonchev–Trinajstić information content (AvgIpc) is 3.13. The Kier molecular flexibility index (Phi) is 3.79. The minimum atomic E-state index is -0.200. The van der Waals surface area contributed by atoms with E-state index < -0.39 is 0 Å². The third-order valence-corrected chi connectivity index (χ3v) is 6.80. The number of aromatic nitrogens is 1. The number of para-hydroxylation sites is 3. The maximum atomic E-state index is 7.83. The summed E-state index contributed by atoms with van der Waals surface area (Å²) in [6.45, 7) is 14.4. The van der Waals surface area contributed by atoms with E-state index in [2.05, 4.69) is 84.8 Å². The summed E-state index contributed by atoms with van der Waals surface area (Å²) in [7, 11) is 0. The van der Waals surface area contributed by atoms with E-state index in [0.717, 1.165) is 50.1 Å². The molecule has 154 valence electrons. The highest BCUT2D eigenvalue weighted by Gasteiger charge is 2.36. The second-order valence-electron chi connectivity index (χ2n) is 8.97. The Bertz CT molecular complexity index is 1600. The Morgan fingerprint density at radius 1 is 0.812 bits per heavy atom. The van der Waals surface area contributed by atoms with Crippen molar-refractivity contribution in [3.8, 4) is 17.2 Å². The lowest BCUT2D eigenvalue weighted by molar-refractivity contribution is 0.421. The molecule has 5 aromatic rings. The number of nitrogens with zero attached hydrogens (tertiary/aromatic N) is 2. The van der Waals surface area contributed by atoms with Crippen LogP contribution in [0.2, 0.25) is 0 Å². The van der Waals surface area contributed by atoms with Crippen molar-refractivity contribution in [1.82, 2.24) is 4.57 Å².